The van der Waals surface area contributed by atoms with Gasteiger partial charge in [-0.05, 0) is 24.6 Å². The van der Waals surface area contributed by atoms with Crippen LogP contribution < -0.4 is 16.1 Å². The largest absolute Gasteiger partial charge is 0.340 e. The van der Waals surface area contributed by atoms with E-state index in [1.807, 2.05) is 23.6 Å². The van der Waals surface area contributed by atoms with Crippen LogP contribution in [-0.2, 0) is 20.1 Å². The molecule has 1 saturated heterocycles. The maximum absolute atomic E-state index is 12.4. The van der Waals surface area contributed by atoms with Gasteiger partial charge in [0.2, 0.25) is 5.95 Å². The minimum Gasteiger partial charge on any atom is -0.340 e. The third kappa shape index (κ3) is 3.68. The summed E-state index contributed by atoms with van der Waals surface area (Å²) >= 11 is 12.3. The summed E-state index contributed by atoms with van der Waals surface area (Å²) < 4.78 is 3.25. The van der Waals surface area contributed by atoms with Crippen molar-refractivity contribution in [2.45, 2.75) is 20.0 Å². The summed E-state index contributed by atoms with van der Waals surface area (Å²) in [6.45, 7) is 6.51. The number of piperazine rings is 1. The van der Waals surface area contributed by atoms with Crippen molar-refractivity contribution in [2.24, 2.45) is 7.05 Å². The number of aromatic nitrogens is 4. The molecule has 154 valence electrons. The fourth-order valence-corrected chi connectivity index (χ4v) is 4.23. The third-order valence-electron chi connectivity index (χ3n) is 5.37. The molecule has 1 aromatic carbocycles. The molecule has 0 aliphatic carbocycles. The predicted molar refractivity (Wildman–Crippen MR) is 115 cm³/mol. The first-order valence-corrected chi connectivity index (χ1v) is 10.3. The van der Waals surface area contributed by atoms with E-state index in [0.29, 0.717) is 27.8 Å². The molecule has 8 nitrogen and oxygen atoms in total. The van der Waals surface area contributed by atoms with Gasteiger partial charge in [-0.2, -0.15) is 4.98 Å². The second kappa shape index (κ2) is 7.85. The van der Waals surface area contributed by atoms with E-state index >= 15 is 0 Å². The first-order chi connectivity index (χ1) is 13.9. The number of halogens is 2. The summed E-state index contributed by atoms with van der Waals surface area (Å²) in [5.41, 5.74) is 1.02. The summed E-state index contributed by atoms with van der Waals surface area (Å²) in [6.07, 6.45) is 0. The van der Waals surface area contributed by atoms with Crippen LogP contribution in [0.5, 0.6) is 0 Å². The first-order valence-electron chi connectivity index (χ1n) is 9.49. The highest BCUT2D eigenvalue weighted by atomic mass is 35.5. The molecular weight excluding hydrogens is 415 g/mol. The van der Waals surface area contributed by atoms with Gasteiger partial charge < -0.3 is 9.47 Å². The number of fused-ring (bicyclic) bond motifs is 1. The van der Waals surface area contributed by atoms with Crippen LogP contribution in [-0.4, -0.2) is 50.2 Å². The highest BCUT2D eigenvalue weighted by molar-refractivity contribution is 6.35. The molecular formula is C19H22Cl2N6O2. The van der Waals surface area contributed by atoms with Crippen LogP contribution in [0.4, 0.5) is 5.95 Å². The Bertz CT molecular complexity index is 1170. The number of benzene rings is 1. The number of H-pyrrole nitrogens is 1. The summed E-state index contributed by atoms with van der Waals surface area (Å²) in [5, 5.41) is 1.30. The number of nitrogens with zero attached hydrogens (tertiary/aromatic N) is 5. The van der Waals surface area contributed by atoms with E-state index in [1.165, 1.54) is 4.57 Å². The topological polar surface area (TPSA) is 79.2 Å². The molecule has 3 heterocycles. The van der Waals surface area contributed by atoms with E-state index in [4.69, 9.17) is 23.2 Å². The van der Waals surface area contributed by atoms with Gasteiger partial charge in [0.15, 0.2) is 11.2 Å². The first kappa shape index (κ1) is 20.0. The molecule has 10 heteroatoms. The monoisotopic (exact) mass is 436 g/mol. The lowest BCUT2D eigenvalue weighted by Crippen LogP contribution is -2.46. The van der Waals surface area contributed by atoms with E-state index in [1.54, 1.807) is 13.1 Å². The van der Waals surface area contributed by atoms with Crippen molar-refractivity contribution in [1.82, 2.24) is 24.0 Å². The Morgan fingerprint density at radius 3 is 2.52 bits per heavy atom. The van der Waals surface area contributed by atoms with Gasteiger partial charge in [-0.15, -0.1) is 0 Å². The molecule has 0 bridgehead atoms. The maximum atomic E-state index is 12.4. The quantitative estimate of drug-likeness (QED) is 0.676. The maximum Gasteiger partial charge on any atom is 0.329 e. The number of imidazole rings is 1. The lowest BCUT2D eigenvalue weighted by molar-refractivity contribution is 0.248. The van der Waals surface area contributed by atoms with Gasteiger partial charge in [0, 0.05) is 56.4 Å². The number of anilines is 1. The number of aromatic amines is 1. The van der Waals surface area contributed by atoms with E-state index in [-0.39, 0.29) is 0 Å². The van der Waals surface area contributed by atoms with Crippen LogP contribution in [0.2, 0.25) is 10.0 Å². The van der Waals surface area contributed by atoms with Crippen molar-refractivity contribution in [3.8, 4) is 0 Å². The molecule has 1 aliphatic rings. The fourth-order valence-electron chi connectivity index (χ4n) is 3.76. The van der Waals surface area contributed by atoms with E-state index in [9.17, 15) is 9.59 Å². The molecule has 1 fully saturated rings. The Morgan fingerprint density at radius 1 is 1.14 bits per heavy atom. The summed E-state index contributed by atoms with van der Waals surface area (Å²) in [6, 6.07) is 5.57. The van der Waals surface area contributed by atoms with Crippen LogP contribution in [0.1, 0.15) is 12.5 Å². The van der Waals surface area contributed by atoms with Gasteiger partial charge in [0.25, 0.3) is 5.56 Å². The molecule has 0 unspecified atom stereocenters. The van der Waals surface area contributed by atoms with Gasteiger partial charge >= 0.3 is 5.69 Å². The van der Waals surface area contributed by atoms with Gasteiger partial charge in [-0.1, -0.05) is 29.3 Å². The molecule has 29 heavy (non-hydrogen) atoms. The van der Waals surface area contributed by atoms with Crippen molar-refractivity contribution in [3.63, 3.8) is 0 Å². The molecule has 1 aliphatic heterocycles. The predicted octanol–water partition coefficient (Wildman–Crippen LogP) is 2.07. The summed E-state index contributed by atoms with van der Waals surface area (Å²) in [5.74, 6) is 0.721. The summed E-state index contributed by atoms with van der Waals surface area (Å²) in [7, 11) is 1.62. The van der Waals surface area contributed by atoms with E-state index in [0.717, 1.165) is 44.2 Å². The SMILES string of the molecule is CCn1c(N2CCN(Cc3ccc(Cl)cc3Cl)CC2)nc2c1c(=O)[nH]c(=O)n2C. The zero-order valence-electron chi connectivity index (χ0n) is 16.3. The molecule has 0 spiro atoms. The Morgan fingerprint density at radius 2 is 1.86 bits per heavy atom. The Balaban J connectivity index is 1.56. The number of hydrogen-bond donors (Lipinski definition) is 1. The van der Waals surface area contributed by atoms with Gasteiger partial charge in [-0.3, -0.25) is 19.2 Å². The Hall–Kier alpha value is -2.29. The number of hydrogen-bond acceptors (Lipinski definition) is 5. The van der Waals surface area contributed by atoms with Crippen molar-refractivity contribution in [2.75, 3.05) is 31.1 Å². The number of aryl methyl sites for hydroxylation is 2. The minimum absolute atomic E-state index is 0.403. The minimum atomic E-state index is -0.459. The average molecular weight is 437 g/mol. The van der Waals surface area contributed by atoms with Crippen LogP contribution in [0.3, 0.4) is 0 Å². The average Bonchev–Trinajstić information content (AvgIpc) is 3.09. The zero-order valence-corrected chi connectivity index (χ0v) is 17.8. The highest BCUT2D eigenvalue weighted by Crippen LogP contribution is 2.24. The lowest BCUT2D eigenvalue weighted by Gasteiger charge is -2.35. The van der Waals surface area contributed by atoms with Crippen molar-refractivity contribution >= 4 is 40.3 Å². The molecule has 3 aromatic rings. The fraction of sp³-hybridized carbons (Fsp3) is 0.421. The second-order valence-electron chi connectivity index (χ2n) is 7.15. The van der Waals surface area contributed by atoms with Crippen LogP contribution in [0.25, 0.3) is 11.2 Å². The smallest absolute Gasteiger partial charge is 0.329 e. The highest BCUT2D eigenvalue weighted by Gasteiger charge is 2.24. The zero-order chi connectivity index (χ0) is 20.7. The second-order valence-corrected chi connectivity index (χ2v) is 7.99. The van der Waals surface area contributed by atoms with Crippen molar-refractivity contribution < 1.29 is 0 Å². The lowest BCUT2D eigenvalue weighted by atomic mass is 10.2. The van der Waals surface area contributed by atoms with Crippen molar-refractivity contribution in [1.29, 1.82) is 0 Å². The standard InChI is InChI=1S/C19H22Cl2N6O2/c1-3-27-15-16(24(2)19(29)23-17(15)28)22-18(27)26-8-6-25(7-9-26)11-12-4-5-13(20)10-14(12)21/h4-5,10H,3,6-9,11H2,1-2H3,(H,23,28,29). The van der Waals surface area contributed by atoms with Gasteiger partial charge in [-0.25, -0.2) is 4.79 Å². The van der Waals surface area contributed by atoms with Crippen molar-refractivity contribution in [3.05, 3.63) is 54.6 Å². The molecule has 2 aromatic heterocycles. The van der Waals surface area contributed by atoms with Gasteiger partial charge in [0.1, 0.15) is 0 Å². The Kier molecular flexibility index (Phi) is 5.42. The van der Waals surface area contributed by atoms with Crippen LogP contribution in [0, 0.1) is 0 Å². The molecule has 1 N–H and O–H groups in total. The van der Waals surface area contributed by atoms with E-state index in [2.05, 4.69) is 19.8 Å². The molecule has 0 amide bonds. The Labute approximate surface area is 177 Å². The van der Waals surface area contributed by atoms with E-state index < -0.39 is 11.2 Å². The normalized spacial score (nSPS) is 15.4. The van der Waals surface area contributed by atoms with Gasteiger partial charge in [0.05, 0.1) is 0 Å². The summed E-state index contributed by atoms with van der Waals surface area (Å²) in [4.78, 5) is 35.8. The molecule has 0 radical (unpaired) electrons. The number of rotatable bonds is 4. The van der Waals surface area contributed by atoms with Crippen LogP contribution in [0.15, 0.2) is 27.8 Å². The molecule has 4 rings (SSSR count). The number of nitrogens with one attached hydrogen (secondary N) is 1. The molecule has 0 saturated carbocycles. The van der Waals surface area contributed by atoms with Crippen LogP contribution >= 0.6 is 23.2 Å². The third-order valence-corrected chi connectivity index (χ3v) is 5.95. The molecule has 0 atom stereocenters.